The van der Waals surface area contributed by atoms with Crippen LogP contribution in [0, 0.1) is 5.41 Å². The van der Waals surface area contributed by atoms with Gasteiger partial charge in [0.15, 0.2) is 0 Å². The summed E-state index contributed by atoms with van der Waals surface area (Å²) in [5.74, 6) is -0.579. The van der Waals surface area contributed by atoms with Crippen molar-refractivity contribution in [2.75, 3.05) is 18.0 Å². The summed E-state index contributed by atoms with van der Waals surface area (Å²) in [4.78, 5) is 22.2. The van der Waals surface area contributed by atoms with Crippen molar-refractivity contribution in [1.29, 1.82) is 0 Å². The Bertz CT molecular complexity index is 885. The molecule has 1 aromatic carbocycles. The molecule has 0 radical (unpaired) electrons. The van der Waals surface area contributed by atoms with Crippen LogP contribution in [0.1, 0.15) is 40.7 Å². The molecule has 1 aliphatic heterocycles. The maximum atomic E-state index is 11.5. The minimum atomic E-state index is -1.13. The lowest BCUT2D eigenvalue weighted by molar-refractivity contribution is 0.0690. The number of anilines is 1. The number of aromatic nitrogens is 2. The molecule has 0 unspecified atom stereocenters. The topological polar surface area (TPSA) is 95.8 Å². The SMILES string of the molecule is O=C(O)c1cnc(N2CCC3(CC3)C2)nc1OCc1ccc(CO)c(Cl)c1. The molecular weight excluding hydrogens is 370 g/mol. The normalized spacial score (nSPS) is 17.3. The first kappa shape index (κ1) is 18.0. The molecule has 1 aromatic heterocycles. The predicted octanol–water partition coefficient (Wildman–Crippen LogP) is 2.89. The number of carboxylic acids is 1. The van der Waals surface area contributed by atoms with Crippen molar-refractivity contribution in [2.24, 2.45) is 5.41 Å². The first-order valence-corrected chi connectivity index (χ1v) is 9.24. The van der Waals surface area contributed by atoms with Crippen molar-refractivity contribution in [1.82, 2.24) is 9.97 Å². The van der Waals surface area contributed by atoms with Crippen LogP contribution in [0.15, 0.2) is 24.4 Å². The molecule has 1 spiro atoms. The number of carboxylic acid groups (broad SMARTS) is 1. The zero-order valence-corrected chi connectivity index (χ0v) is 15.4. The zero-order valence-electron chi connectivity index (χ0n) is 14.7. The monoisotopic (exact) mass is 389 g/mol. The standard InChI is InChI=1S/C19H20ClN3O4/c20-15-7-12(1-2-13(15)9-24)10-27-16-14(17(25)26)8-21-18(22-16)23-6-5-19(11-23)3-4-19/h1-2,7-8,24H,3-6,9-11H2,(H,25,26). The van der Waals surface area contributed by atoms with Gasteiger partial charge in [-0.25, -0.2) is 9.78 Å². The molecule has 0 atom stereocenters. The molecule has 27 heavy (non-hydrogen) atoms. The summed E-state index contributed by atoms with van der Waals surface area (Å²) < 4.78 is 5.70. The second-order valence-corrected chi connectivity index (χ2v) is 7.65. The van der Waals surface area contributed by atoms with Crippen molar-refractivity contribution in [3.05, 3.63) is 46.1 Å². The van der Waals surface area contributed by atoms with E-state index in [2.05, 4.69) is 14.9 Å². The highest BCUT2D eigenvalue weighted by molar-refractivity contribution is 6.31. The van der Waals surface area contributed by atoms with Crippen LogP contribution in [-0.2, 0) is 13.2 Å². The van der Waals surface area contributed by atoms with E-state index in [1.807, 2.05) is 0 Å². The Morgan fingerprint density at radius 1 is 1.33 bits per heavy atom. The minimum Gasteiger partial charge on any atom is -0.477 e. The molecule has 2 fully saturated rings. The average Bonchev–Trinajstić information content (AvgIpc) is 3.28. The summed E-state index contributed by atoms with van der Waals surface area (Å²) in [5, 5.41) is 19.0. The molecule has 2 N–H and O–H groups in total. The molecule has 8 heteroatoms. The number of hydrogen-bond acceptors (Lipinski definition) is 6. The fraction of sp³-hybridized carbons (Fsp3) is 0.421. The Morgan fingerprint density at radius 2 is 2.15 bits per heavy atom. The maximum absolute atomic E-state index is 11.5. The van der Waals surface area contributed by atoms with E-state index in [1.165, 1.54) is 19.0 Å². The lowest BCUT2D eigenvalue weighted by atomic mass is 10.1. The number of rotatable bonds is 6. The average molecular weight is 390 g/mol. The number of aromatic carboxylic acids is 1. The minimum absolute atomic E-state index is 0.0478. The number of nitrogens with zero attached hydrogens (tertiary/aromatic N) is 3. The van der Waals surface area contributed by atoms with Gasteiger partial charge < -0.3 is 19.8 Å². The number of hydrogen-bond donors (Lipinski definition) is 2. The zero-order chi connectivity index (χ0) is 19.0. The summed E-state index contributed by atoms with van der Waals surface area (Å²) in [6, 6.07) is 5.17. The third kappa shape index (κ3) is 3.70. The summed E-state index contributed by atoms with van der Waals surface area (Å²) in [6.45, 7) is 1.77. The van der Waals surface area contributed by atoms with E-state index in [-0.39, 0.29) is 24.7 Å². The first-order chi connectivity index (χ1) is 13.0. The summed E-state index contributed by atoms with van der Waals surface area (Å²) >= 11 is 6.09. The maximum Gasteiger partial charge on any atom is 0.342 e. The van der Waals surface area contributed by atoms with Gasteiger partial charge in [-0.15, -0.1) is 0 Å². The number of carbonyl (C=O) groups is 1. The molecular formula is C19H20ClN3O4. The van der Waals surface area contributed by atoms with Crippen LogP contribution < -0.4 is 9.64 Å². The molecule has 0 amide bonds. The van der Waals surface area contributed by atoms with Gasteiger partial charge in [0.2, 0.25) is 11.8 Å². The fourth-order valence-electron chi connectivity index (χ4n) is 3.42. The van der Waals surface area contributed by atoms with Crippen LogP contribution in [0.25, 0.3) is 0 Å². The second kappa shape index (κ2) is 6.98. The van der Waals surface area contributed by atoms with Crippen molar-refractivity contribution in [2.45, 2.75) is 32.5 Å². The number of halogens is 1. The summed E-state index contributed by atoms with van der Waals surface area (Å²) in [6.07, 6.45) is 4.91. The Labute approximate surface area is 161 Å². The van der Waals surface area contributed by atoms with E-state index < -0.39 is 5.97 Å². The number of benzene rings is 1. The van der Waals surface area contributed by atoms with Crippen molar-refractivity contribution < 1.29 is 19.7 Å². The van der Waals surface area contributed by atoms with E-state index in [4.69, 9.17) is 16.3 Å². The lowest BCUT2D eigenvalue weighted by Gasteiger charge is -2.17. The highest BCUT2D eigenvalue weighted by Gasteiger charge is 2.48. The van der Waals surface area contributed by atoms with Crippen LogP contribution in [0.3, 0.4) is 0 Å². The number of aliphatic hydroxyl groups is 1. The van der Waals surface area contributed by atoms with Gasteiger partial charge in [0.05, 0.1) is 12.8 Å². The molecule has 1 saturated carbocycles. The van der Waals surface area contributed by atoms with Crippen LogP contribution in [0.4, 0.5) is 5.95 Å². The van der Waals surface area contributed by atoms with Gasteiger partial charge in [0, 0.05) is 18.1 Å². The van der Waals surface area contributed by atoms with E-state index in [0.29, 0.717) is 21.9 Å². The van der Waals surface area contributed by atoms with Crippen LogP contribution >= 0.6 is 11.6 Å². The second-order valence-electron chi connectivity index (χ2n) is 7.24. The van der Waals surface area contributed by atoms with Gasteiger partial charge in [-0.2, -0.15) is 4.98 Å². The largest absolute Gasteiger partial charge is 0.477 e. The highest BCUT2D eigenvalue weighted by atomic mass is 35.5. The van der Waals surface area contributed by atoms with Gasteiger partial charge in [-0.3, -0.25) is 0 Å². The highest BCUT2D eigenvalue weighted by Crippen LogP contribution is 2.53. The Morgan fingerprint density at radius 3 is 2.78 bits per heavy atom. The molecule has 142 valence electrons. The Kier molecular flexibility index (Phi) is 4.65. The third-order valence-electron chi connectivity index (χ3n) is 5.31. The van der Waals surface area contributed by atoms with Crippen LogP contribution in [0.2, 0.25) is 5.02 Å². The third-order valence-corrected chi connectivity index (χ3v) is 5.66. The van der Waals surface area contributed by atoms with Crippen molar-refractivity contribution in [3.63, 3.8) is 0 Å². The molecule has 0 bridgehead atoms. The smallest absolute Gasteiger partial charge is 0.342 e. The molecule has 4 rings (SSSR count). The van der Waals surface area contributed by atoms with E-state index >= 15 is 0 Å². The molecule has 7 nitrogen and oxygen atoms in total. The van der Waals surface area contributed by atoms with E-state index in [9.17, 15) is 15.0 Å². The Balaban J connectivity index is 1.53. The van der Waals surface area contributed by atoms with Gasteiger partial charge in [0.1, 0.15) is 12.2 Å². The summed E-state index contributed by atoms with van der Waals surface area (Å²) in [5.41, 5.74) is 1.73. The summed E-state index contributed by atoms with van der Waals surface area (Å²) in [7, 11) is 0. The molecule has 2 heterocycles. The van der Waals surface area contributed by atoms with Crippen molar-refractivity contribution >= 4 is 23.5 Å². The van der Waals surface area contributed by atoms with Crippen LogP contribution in [-0.4, -0.2) is 39.2 Å². The van der Waals surface area contributed by atoms with Gasteiger partial charge >= 0.3 is 5.97 Å². The number of ether oxygens (including phenoxy) is 1. The Hall–Kier alpha value is -2.38. The number of aliphatic hydroxyl groups excluding tert-OH is 1. The van der Waals surface area contributed by atoms with E-state index in [1.54, 1.807) is 18.2 Å². The van der Waals surface area contributed by atoms with Gasteiger partial charge in [0.25, 0.3) is 0 Å². The molecule has 2 aromatic rings. The predicted molar refractivity (Wildman–Crippen MR) is 99.2 cm³/mol. The van der Waals surface area contributed by atoms with Gasteiger partial charge in [-0.1, -0.05) is 23.7 Å². The lowest BCUT2D eigenvalue weighted by Crippen LogP contribution is -2.23. The fourth-order valence-corrected chi connectivity index (χ4v) is 3.68. The van der Waals surface area contributed by atoms with Crippen molar-refractivity contribution in [3.8, 4) is 5.88 Å². The van der Waals surface area contributed by atoms with Gasteiger partial charge in [-0.05, 0) is 41.9 Å². The molecule has 2 aliphatic rings. The first-order valence-electron chi connectivity index (χ1n) is 8.86. The quantitative estimate of drug-likeness (QED) is 0.784. The molecule has 1 saturated heterocycles. The molecule has 1 aliphatic carbocycles. The van der Waals surface area contributed by atoms with Crippen LogP contribution in [0.5, 0.6) is 5.88 Å². The van der Waals surface area contributed by atoms with E-state index in [0.717, 1.165) is 25.1 Å².